The van der Waals surface area contributed by atoms with E-state index in [9.17, 15) is 9.18 Å². The Labute approximate surface area is 166 Å². The van der Waals surface area contributed by atoms with Crippen LogP contribution in [0.3, 0.4) is 0 Å². The van der Waals surface area contributed by atoms with Gasteiger partial charge in [-0.1, -0.05) is 35.9 Å². The van der Waals surface area contributed by atoms with E-state index in [4.69, 9.17) is 4.74 Å². The standard InChI is InChI=1S/C24H28FNO2/c1-26(2)16-21-11-10-18(14-23(21)19-7-5-9-22(25)15-19)12-17-6-4-8-20(13-17)24(27)28-3/h4-9,12-13,15,21,23H,10-11,14,16H2,1-3H3/b18-12+/t21-,23+/m0/s1. The van der Waals surface area contributed by atoms with E-state index >= 15 is 0 Å². The van der Waals surface area contributed by atoms with Gasteiger partial charge < -0.3 is 9.64 Å². The van der Waals surface area contributed by atoms with Gasteiger partial charge in [0.2, 0.25) is 0 Å². The summed E-state index contributed by atoms with van der Waals surface area (Å²) < 4.78 is 18.7. The highest BCUT2D eigenvalue weighted by Gasteiger charge is 2.29. The van der Waals surface area contributed by atoms with Crippen LogP contribution in [0.4, 0.5) is 4.39 Å². The van der Waals surface area contributed by atoms with Crippen LogP contribution in [0.25, 0.3) is 6.08 Å². The molecule has 0 radical (unpaired) electrons. The summed E-state index contributed by atoms with van der Waals surface area (Å²) in [6.45, 7) is 0.992. The van der Waals surface area contributed by atoms with Gasteiger partial charge in [0.1, 0.15) is 5.82 Å². The molecule has 0 saturated heterocycles. The van der Waals surface area contributed by atoms with E-state index in [0.29, 0.717) is 17.4 Å². The number of nitrogens with zero attached hydrogens (tertiary/aromatic N) is 1. The summed E-state index contributed by atoms with van der Waals surface area (Å²) >= 11 is 0. The summed E-state index contributed by atoms with van der Waals surface area (Å²) in [7, 11) is 5.57. The molecule has 0 heterocycles. The Balaban J connectivity index is 1.86. The van der Waals surface area contributed by atoms with Crippen LogP contribution in [0.5, 0.6) is 0 Å². The normalized spacial score (nSPS) is 21.1. The minimum atomic E-state index is -0.326. The first-order valence-corrected chi connectivity index (χ1v) is 9.74. The Hall–Kier alpha value is -2.46. The molecule has 1 fully saturated rings. The van der Waals surface area contributed by atoms with E-state index < -0.39 is 0 Å². The molecule has 2 aromatic rings. The average molecular weight is 381 g/mol. The number of esters is 1. The number of carbonyl (C=O) groups excluding carboxylic acids is 1. The SMILES string of the molecule is COC(=O)c1cccc(/C=C2\CC[C@@H](CN(C)C)[C@@H](c3cccc(F)c3)C2)c1. The van der Waals surface area contributed by atoms with E-state index in [1.165, 1.54) is 18.7 Å². The number of hydrogen-bond acceptors (Lipinski definition) is 3. The Morgan fingerprint density at radius 1 is 1.21 bits per heavy atom. The average Bonchev–Trinajstić information content (AvgIpc) is 2.68. The van der Waals surface area contributed by atoms with Gasteiger partial charge in [-0.25, -0.2) is 9.18 Å². The predicted octanol–water partition coefficient (Wildman–Crippen LogP) is 5.14. The van der Waals surface area contributed by atoms with E-state index in [1.54, 1.807) is 18.2 Å². The van der Waals surface area contributed by atoms with Crippen LogP contribution in [0.1, 0.15) is 46.7 Å². The van der Waals surface area contributed by atoms with E-state index in [0.717, 1.165) is 36.9 Å². The first kappa shape index (κ1) is 20.3. The van der Waals surface area contributed by atoms with Crippen LogP contribution in [0.2, 0.25) is 0 Å². The van der Waals surface area contributed by atoms with Crippen molar-refractivity contribution in [3.05, 3.63) is 76.6 Å². The molecule has 0 amide bonds. The van der Waals surface area contributed by atoms with Gasteiger partial charge in [-0.2, -0.15) is 0 Å². The van der Waals surface area contributed by atoms with Crippen LogP contribution in [0.15, 0.2) is 54.1 Å². The van der Waals surface area contributed by atoms with Crippen LogP contribution in [0, 0.1) is 11.7 Å². The molecule has 0 N–H and O–H groups in total. The molecular formula is C24H28FNO2. The zero-order valence-corrected chi connectivity index (χ0v) is 16.8. The number of hydrogen-bond donors (Lipinski definition) is 0. The summed E-state index contributed by atoms with van der Waals surface area (Å²) in [6, 6.07) is 14.5. The molecule has 0 spiro atoms. The van der Waals surface area contributed by atoms with Gasteiger partial charge >= 0.3 is 5.97 Å². The zero-order valence-electron chi connectivity index (χ0n) is 16.8. The highest BCUT2D eigenvalue weighted by atomic mass is 19.1. The fraction of sp³-hybridized carbons (Fsp3) is 0.375. The molecule has 2 aromatic carbocycles. The smallest absolute Gasteiger partial charge is 0.337 e. The van der Waals surface area contributed by atoms with Crippen LogP contribution >= 0.6 is 0 Å². The van der Waals surface area contributed by atoms with Gasteiger partial charge in [0.05, 0.1) is 12.7 Å². The van der Waals surface area contributed by atoms with Crippen LogP contribution < -0.4 is 0 Å². The van der Waals surface area contributed by atoms with E-state index in [1.807, 2.05) is 24.3 Å². The molecular weight excluding hydrogens is 353 g/mol. The number of ether oxygens (including phenoxy) is 1. The monoisotopic (exact) mass is 381 g/mol. The highest BCUT2D eigenvalue weighted by Crippen LogP contribution is 2.41. The first-order valence-electron chi connectivity index (χ1n) is 9.74. The molecule has 0 aliphatic heterocycles. The molecule has 1 aliphatic rings. The van der Waals surface area contributed by atoms with Gasteiger partial charge in [0.25, 0.3) is 0 Å². The Kier molecular flexibility index (Phi) is 6.63. The lowest BCUT2D eigenvalue weighted by molar-refractivity contribution is 0.0600. The van der Waals surface area contributed by atoms with Crippen molar-refractivity contribution >= 4 is 12.0 Å². The third-order valence-electron chi connectivity index (χ3n) is 5.44. The highest BCUT2D eigenvalue weighted by molar-refractivity contribution is 5.90. The van der Waals surface area contributed by atoms with E-state index in [2.05, 4.69) is 25.1 Å². The molecule has 28 heavy (non-hydrogen) atoms. The van der Waals surface area contributed by atoms with E-state index in [-0.39, 0.29) is 11.8 Å². The molecule has 0 bridgehead atoms. The summed E-state index contributed by atoms with van der Waals surface area (Å²) in [5, 5.41) is 0. The lowest BCUT2D eigenvalue weighted by Gasteiger charge is -2.35. The molecule has 1 saturated carbocycles. The fourth-order valence-electron chi connectivity index (χ4n) is 4.18. The van der Waals surface area contributed by atoms with Crippen molar-refractivity contribution in [1.29, 1.82) is 0 Å². The summed E-state index contributed by atoms with van der Waals surface area (Å²) in [4.78, 5) is 14.0. The van der Waals surface area contributed by atoms with Crippen molar-refractivity contribution < 1.29 is 13.9 Å². The predicted molar refractivity (Wildman–Crippen MR) is 111 cm³/mol. The molecule has 148 valence electrons. The Morgan fingerprint density at radius 2 is 2.00 bits per heavy atom. The zero-order chi connectivity index (χ0) is 20.1. The quantitative estimate of drug-likeness (QED) is 0.672. The molecule has 0 unspecified atom stereocenters. The van der Waals surface area contributed by atoms with Crippen molar-refractivity contribution in [2.75, 3.05) is 27.7 Å². The second kappa shape index (κ2) is 9.16. The third kappa shape index (κ3) is 5.08. The number of allylic oxidation sites excluding steroid dienone is 1. The minimum absolute atomic E-state index is 0.178. The number of methoxy groups -OCH3 is 1. The van der Waals surface area contributed by atoms with Crippen molar-refractivity contribution in [2.24, 2.45) is 5.92 Å². The van der Waals surface area contributed by atoms with Crippen molar-refractivity contribution in [1.82, 2.24) is 4.90 Å². The lowest BCUT2D eigenvalue weighted by atomic mass is 9.73. The number of benzene rings is 2. The lowest BCUT2D eigenvalue weighted by Crippen LogP contribution is -2.29. The maximum atomic E-state index is 13.8. The van der Waals surface area contributed by atoms with Crippen LogP contribution in [-0.2, 0) is 4.74 Å². The largest absolute Gasteiger partial charge is 0.465 e. The summed E-state index contributed by atoms with van der Waals surface area (Å²) in [6.07, 6.45) is 5.17. The van der Waals surface area contributed by atoms with Gasteiger partial charge in [-0.3, -0.25) is 0 Å². The third-order valence-corrected chi connectivity index (χ3v) is 5.44. The second-order valence-electron chi connectivity index (χ2n) is 7.85. The fourth-order valence-corrected chi connectivity index (χ4v) is 4.18. The molecule has 2 atom stereocenters. The van der Waals surface area contributed by atoms with Crippen molar-refractivity contribution in [3.8, 4) is 0 Å². The molecule has 3 nitrogen and oxygen atoms in total. The molecule has 4 heteroatoms. The summed E-state index contributed by atoms with van der Waals surface area (Å²) in [5.41, 5.74) is 3.97. The summed E-state index contributed by atoms with van der Waals surface area (Å²) in [5.74, 6) is 0.285. The minimum Gasteiger partial charge on any atom is -0.465 e. The van der Waals surface area contributed by atoms with Gasteiger partial charge in [-0.15, -0.1) is 0 Å². The van der Waals surface area contributed by atoms with Gasteiger partial charge in [0.15, 0.2) is 0 Å². The maximum Gasteiger partial charge on any atom is 0.337 e. The Morgan fingerprint density at radius 3 is 2.71 bits per heavy atom. The van der Waals surface area contributed by atoms with Crippen LogP contribution in [-0.4, -0.2) is 38.6 Å². The number of rotatable bonds is 5. The van der Waals surface area contributed by atoms with Gasteiger partial charge in [0, 0.05) is 6.54 Å². The van der Waals surface area contributed by atoms with Crippen molar-refractivity contribution in [2.45, 2.75) is 25.2 Å². The number of halogens is 1. The molecule has 3 rings (SSSR count). The Bertz CT molecular complexity index is 859. The number of carbonyl (C=O) groups is 1. The molecule has 1 aliphatic carbocycles. The molecule has 0 aromatic heterocycles. The second-order valence-corrected chi connectivity index (χ2v) is 7.85. The first-order chi connectivity index (χ1) is 13.5. The topological polar surface area (TPSA) is 29.5 Å². The van der Waals surface area contributed by atoms with Gasteiger partial charge in [-0.05, 0) is 80.6 Å². The maximum absolute atomic E-state index is 13.8. The van der Waals surface area contributed by atoms with Crippen molar-refractivity contribution in [3.63, 3.8) is 0 Å².